The SMILES string of the molecule is Cc1sc2ccccc2c1S(=O)(=O)N1CCC[C@@H](C(N)=O)C1. The van der Waals surface area contributed by atoms with Gasteiger partial charge < -0.3 is 5.73 Å². The minimum atomic E-state index is -3.61. The highest BCUT2D eigenvalue weighted by Gasteiger charge is 2.34. The first-order valence-electron chi connectivity index (χ1n) is 7.19. The van der Waals surface area contributed by atoms with Crippen LogP contribution >= 0.6 is 11.3 Å². The largest absolute Gasteiger partial charge is 0.369 e. The Kier molecular flexibility index (Phi) is 3.96. The van der Waals surface area contributed by atoms with Crippen LogP contribution in [-0.4, -0.2) is 31.7 Å². The van der Waals surface area contributed by atoms with E-state index in [-0.39, 0.29) is 6.54 Å². The van der Waals surface area contributed by atoms with E-state index in [1.807, 2.05) is 31.2 Å². The maximum atomic E-state index is 13.0. The Morgan fingerprint density at radius 3 is 2.82 bits per heavy atom. The van der Waals surface area contributed by atoms with Crippen molar-refractivity contribution in [1.82, 2.24) is 4.31 Å². The van der Waals surface area contributed by atoms with Gasteiger partial charge in [-0.15, -0.1) is 11.3 Å². The standard InChI is InChI=1S/C15H18N2O3S2/c1-10-14(12-6-2-3-7-13(12)21-10)22(19,20)17-8-4-5-11(9-17)15(16)18/h2-3,6-7,11H,4-5,8-9H2,1H3,(H2,16,18)/t11-/m1/s1. The Hall–Kier alpha value is -1.44. The normalized spacial score (nSPS) is 20.3. The molecule has 3 rings (SSSR count). The molecule has 0 radical (unpaired) electrons. The molecule has 0 spiro atoms. The Balaban J connectivity index is 2.05. The number of rotatable bonds is 3. The van der Waals surface area contributed by atoms with Crippen molar-refractivity contribution in [3.05, 3.63) is 29.1 Å². The quantitative estimate of drug-likeness (QED) is 0.930. The number of carbonyl (C=O) groups is 1. The zero-order valence-electron chi connectivity index (χ0n) is 12.3. The molecule has 118 valence electrons. The Morgan fingerprint density at radius 2 is 2.09 bits per heavy atom. The van der Waals surface area contributed by atoms with Crippen molar-refractivity contribution in [2.45, 2.75) is 24.7 Å². The van der Waals surface area contributed by atoms with Crippen LogP contribution in [0.5, 0.6) is 0 Å². The second-order valence-corrected chi connectivity index (χ2v) is 8.72. The van der Waals surface area contributed by atoms with Gasteiger partial charge in [0.1, 0.15) is 4.90 Å². The number of hydrogen-bond acceptors (Lipinski definition) is 4. The van der Waals surface area contributed by atoms with E-state index in [2.05, 4.69) is 0 Å². The number of carbonyl (C=O) groups excluding carboxylic acids is 1. The van der Waals surface area contributed by atoms with Crippen LogP contribution in [0, 0.1) is 12.8 Å². The molecule has 0 unspecified atom stereocenters. The second-order valence-electron chi connectivity index (χ2n) is 5.59. The van der Waals surface area contributed by atoms with Gasteiger partial charge in [-0.2, -0.15) is 4.31 Å². The summed E-state index contributed by atoms with van der Waals surface area (Å²) in [6.07, 6.45) is 1.32. The zero-order valence-corrected chi connectivity index (χ0v) is 13.9. The van der Waals surface area contributed by atoms with Crippen LogP contribution in [0.15, 0.2) is 29.2 Å². The van der Waals surface area contributed by atoms with Crippen LogP contribution in [0.2, 0.25) is 0 Å². The van der Waals surface area contributed by atoms with Gasteiger partial charge in [0.15, 0.2) is 0 Å². The maximum absolute atomic E-state index is 13.0. The minimum absolute atomic E-state index is 0.182. The summed E-state index contributed by atoms with van der Waals surface area (Å²) >= 11 is 1.48. The third kappa shape index (κ3) is 2.53. The predicted molar refractivity (Wildman–Crippen MR) is 87.2 cm³/mol. The van der Waals surface area contributed by atoms with E-state index in [9.17, 15) is 13.2 Å². The molecule has 5 nitrogen and oxygen atoms in total. The number of thiophene rings is 1. The van der Waals surface area contributed by atoms with Crippen LogP contribution in [0.25, 0.3) is 10.1 Å². The smallest absolute Gasteiger partial charge is 0.244 e. The monoisotopic (exact) mass is 338 g/mol. The number of sulfonamides is 1. The summed E-state index contributed by atoms with van der Waals surface area (Å²) in [5.41, 5.74) is 5.35. The number of nitrogens with zero attached hydrogens (tertiary/aromatic N) is 1. The lowest BCUT2D eigenvalue weighted by Gasteiger charge is -2.30. The van der Waals surface area contributed by atoms with Crippen LogP contribution in [0.3, 0.4) is 0 Å². The zero-order chi connectivity index (χ0) is 15.9. The van der Waals surface area contributed by atoms with E-state index < -0.39 is 21.8 Å². The number of hydrogen-bond donors (Lipinski definition) is 1. The molecule has 1 aromatic heterocycles. The Morgan fingerprint density at radius 1 is 1.36 bits per heavy atom. The fourth-order valence-corrected chi connectivity index (χ4v) is 6.27. The van der Waals surface area contributed by atoms with E-state index in [0.717, 1.165) is 15.0 Å². The van der Waals surface area contributed by atoms with Gasteiger partial charge in [-0.25, -0.2) is 8.42 Å². The van der Waals surface area contributed by atoms with E-state index in [1.54, 1.807) is 0 Å². The highest BCUT2D eigenvalue weighted by atomic mass is 32.2. The molecule has 1 fully saturated rings. The van der Waals surface area contributed by atoms with Gasteiger partial charge in [-0.05, 0) is 25.8 Å². The average Bonchev–Trinajstić information content (AvgIpc) is 2.83. The van der Waals surface area contributed by atoms with Crippen LogP contribution < -0.4 is 5.73 Å². The van der Waals surface area contributed by atoms with Gasteiger partial charge in [0, 0.05) is 28.1 Å². The number of nitrogens with two attached hydrogens (primary N) is 1. The Labute approximate surface area is 133 Å². The number of aryl methyl sites for hydroxylation is 1. The first-order valence-corrected chi connectivity index (χ1v) is 9.44. The van der Waals surface area contributed by atoms with Crippen molar-refractivity contribution in [3.8, 4) is 0 Å². The van der Waals surface area contributed by atoms with Gasteiger partial charge in [-0.3, -0.25) is 4.79 Å². The Bertz CT molecular complexity index is 826. The summed E-state index contributed by atoms with van der Waals surface area (Å²) in [6.45, 7) is 2.45. The molecule has 1 aromatic carbocycles. The van der Waals surface area contributed by atoms with E-state index in [4.69, 9.17) is 5.73 Å². The van der Waals surface area contributed by atoms with Crippen molar-refractivity contribution >= 4 is 37.4 Å². The van der Waals surface area contributed by atoms with Gasteiger partial charge in [0.25, 0.3) is 0 Å². The summed E-state index contributed by atoms with van der Waals surface area (Å²) in [7, 11) is -3.61. The average molecular weight is 338 g/mol. The van der Waals surface area contributed by atoms with E-state index in [1.165, 1.54) is 15.6 Å². The van der Waals surface area contributed by atoms with Gasteiger partial charge >= 0.3 is 0 Å². The van der Waals surface area contributed by atoms with Gasteiger partial charge in [0.2, 0.25) is 15.9 Å². The summed E-state index contributed by atoms with van der Waals surface area (Å²) in [6, 6.07) is 7.50. The van der Waals surface area contributed by atoms with Crippen molar-refractivity contribution < 1.29 is 13.2 Å². The molecule has 2 heterocycles. The highest BCUT2D eigenvalue weighted by Crippen LogP contribution is 2.36. The molecule has 0 saturated carbocycles. The second kappa shape index (κ2) is 5.64. The molecule has 1 atom stereocenters. The molecular formula is C15H18N2O3S2. The molecule has 2 aromatic rings. The lowest BCUT2D eigenvalue weighted by atomic mass is 9.99. The number of piperidine rings is 1. The van der Waals surface area contributed by atoms with Crippen molar-refractivity contribution in [3.63, 3.8) is 0 Å². The minimum Gasteiger partial charge on any atom is -0.369 e. The third-order valence-corrected chi connectivity index (χ3v) is 7.37. The van der Waals surface area contributed by atoms with Crippen LogP contribution in [0.4, 0.5) is 0 Å². The lowest BCUT2D eigenvalue weighted by Crippen LogP contribution is -2.44. The maximum Gasteiger partial charge on any atom is 0.244 e. The lowest BCUT2D eigenvalue weighted by molar-refractivity contribution is -0.122. The molecule has 1 aliphatic rings. The van der Waals surface area contributed by atoms with Crippen LogP contribution in [0.1, 0.15) is 17.7 Å². The molecule has 1 saturated heterocycles. The molecule has 1 amide bonds. The summed E-state index contributed by atoms with van der Waals surface area (Å²) in [5.74, 6) is -0.819. The highest BCUT2D eigenvalue weighted by molar-refractivity contribution is 7.89. The number of benzene rings is 1. The van der Waals surface area contributed by atoms with Crippen molar-refractivity contribution in [1.29, 1.82) is 0 Å². The predicted octanol–water partition coefficient (Wildman–Crippen LogP) is 2.10. The molecular weight excluding hydrogens is 320 g/mol. The number of primary amides is 1. The van der Waals surface area contributed by atoms with Crippen molar-refractivity contribution in [2.75, 3.05) is 13.1 Å². The first-order chi connectivity index (χ1) is 10.4. The fraction of sp³-hybridized carbons (Fsp3) is 0.400. The molecule has 0 aliphatic carbocycles. The van der Waals surface area contributed by atoms with Crippen molar-refractivity contribution in [2.24, 2.45) is 11.7 Å². The molecule has 0 bridgehead atoms. The van der Waals surface area contributed by atoms with Gasteiger partial charge in [0.05, 0.1) is 5.92 Å². The third-order valence-electron chi connectivity index (χ3n) is 4.10. The topological polar surface area (TPSA) is 80.5 Å². The molecule has 1 aliphatic heterocycles. The number of fused-ring (bicyclic) bond motifs is 1. The van der Waals surface area contributed by atoms with E-state index >= 15 is 0 Å². The summed E-state index contributed by atoms with van der Waals surface area (Å²) in [4.78, 5) is 12.5. The van der Waals surface area contributed by atoms with Gasteiger partial charge in [-0.1, -0.05) is 18.2 Å². The molecule has 2 N–H and O–H groups in total. The fourth-order valence-electron chi connectivity index (χ4n) is 2.99. The summed E-state index contributed by atoms with van der Waals surface area (Å²) in [5, 5.41) is 0.756. The molecule has 22 heavy (non-hydrogen) atoms. The molecule has 7 heteroatoms. The van der Waals surface area contributed by atoms with E-state index in [0.29, 0.717) is 24.3 Å². The number of amides is 1. The summed E-state index contributed by atoms with van der Waals surface area (Å²) < 4.78 is 28.4. The first kappa shape index (κ1) is 15.5. The van der Waals surface area contributed by atoms with Crippen LogP contribution in [-0.2, 0) is 14.8 Å².